The Labute approximate surface area is 130 Å². The van der Waals surface area contributed by atoms with Gasteiger partial charge in [-0.25, -0.2) is 0 Å². The van der Waals surface area contributed by atoms with Gasteiger partial charge in [0.15, 0.2) is 5.78 Å². The number of hydrogen-bond donors (Lipinski definition) is 0. The van der Waals surface area contributed by atoms with Gasteiger partial charge >= 0.3 is 0 Å². The van der Waals surface area contributed by atoms with Crippen LogP contribution in [0.25, 0.3) is 0 Å². The predicted molar refractivity (Wildman–Crippen MR) is 85.8 cm³/mol. The summed E-state index contributed by atoms with van der Waals surface area (Å²) in [6, 6.07) is 11.6. The monoisotopic (exact) mass is 296 g/mol. The number of ether oxygens (including phenoxy) is 2. The molecule has 1 heterocycles. The molecule has 2 aromatic carbocycles. The molecular weight excluding hydrogens is 276 g/mol. The highest BCUT2D eigenvalue weighted by Crippen LogP contribution is 2.29. The van der Waals surface area contributed by atoms with Crippen LogP contribution in [0.2, 0.25) is 0 Å². The Balaban J connectivity index is 2.00. The van der Waals surface area contributed by atoms with Gasteiger partial charge in [0.2, 0.25) is 0 Å². The Kier molecular flexibility index (Phi) is 3.99. The highest BCUT2D eigenvalue weighted by atomic mass is 16.6. The van der Waals surface area contributed by atoms with Crippen molar-refractivity contribution in [2.75, 3.05) is 13.2 Å². The topological polar surface area (TPSA) is 38.8 Å². The average molecular weight is 296 g/mol. The maximum Gasteiger partial charge on any atom is 0.197 e. The van der Waals surface area contributed by atoms with Crippen molar-refractivity contribution in [2.24, 2.45) is 0 Å². The van der Waals surface area contributed by atoms with Crippen molar-refractivity contribution in [2.45, 2.75) is 26.9 Å². The summed E-state index contributed by atoms with van der Waals surface area (Å²) in [5.41, 5.74) is 4.39. The molecule has 0 aliphatic carbocycles. The van der Waals surface area contributed by atoms with Gasteiger partial charge in [-0.1, -0.05) is 30.3 Å². The van der Waals surface area contributed by atoms with Crippen LogP contribution in [-0.2, 0) is 4.74 Å². The summed E-state index contributed by atoms with van der Waals surface area (Å²) >= 11 is 0. The van der Waals surface area contributed by atoms with E-state index in [9.17, 15) is 4.79 Å². The quantitative estimate of drug-likeness (QED) is 0.625. The van der Waals surface area contributed by atoms with Crippen molar-refractivity contribution >= 4 is 5.78 Å². The summed E-state index contributed by atoms with van der Waals surface area (Å²) in [4.78, 5) is 13.0. The minimum absolute atomic E-state index is 0.0160. The zero-order valence-electron chi connectivity index (χ0n) is 13.2. The molecule has 2 aromatic rings. The highest BCUT2D eigenvalue weighted by Gasteiger charge is 2.25. The molecule has 1 aliphatic heterocycles. The van der Waals surface area contributed by atoms with E-state index in [0.29, 0.717) is 17.9 Å². The number of hydrogen-bond acceptors (Lipinski definition) is 3. The Morgan fingerprint density at radius 1 is 1.18 bits per heavy atom. The fourth-order valence-electron chi connectivity index (χ4n) is 2.64. The van der Waals surface area contributed by atoms with Gasteiger partial charge in [0.05, 0.1) is 12.2 Å². The van der Waals surface area contributed by atoms with Crippen LogP contribution in [0.4, 0.5) is 0 Å². The van der Waals surface area contributed by atoms with Crippen LogP contribution < -0.4 is 4.74 Å². The molecule has 0 spiro atoms. The molecule has 1 aliphatic rings. The van der Waals surface area contributed by atoms with Crippen molar-refractivity contribution in [3.63, 3.8) is 0 Å². The van der Waals surface area contributed by atoms with Crippen LogP contribution in [0.5, 0.6) is 5.75 Å². The van der Waals surface area contributed by atoms with Crippen LogP contribution >= 0.6 is 0 Å². The van der Waals surface area contributed by atoms with Crippen molar-refractivity contribution in [1.82, 2.24) is 0 Å². The standard InChI is InChI=1S/C19H20O3/c1-12-8-14(3)18(17(9-12)22-11-15-10-21-15)19(20)16-7-5-4-6-13(16)2/h4-9,15H,10-11H2,1-3H3. The van der Waals surface area contributed by atoms with Crippen molar-refractivity contribution in [3.05, 3.63) is 64.2 Å². The van der Waals surface area contributed by atoms with Gasteiger partial charge in [-0.05, 0) is 43.5 Å². The molecule has 0 bridgehead atoms. The maximum atomic E-state index is 13.0. The third kappa shape index (κ3) is 3.04. The summed E-state index contributed by atoms with van der Waals surface area (Å²) in [6.45, 7) is 7.16. The van der Waals surface area contributed by atoms with Gasteiger partial charge in [0.25, 0.3) is 0 Å². The lowest BCUT2D eigenvalue weighted by Gasteiger charge is -2.15. The first-order chi connectivity index (χ1) is 10.6. The first kappa shape index (κ1) is 14.8. The highest BCUT2D eigenvalue weighted by molar-refractivity contribution is 6.12. The molecule has 1 unspecified atom stereocenters. The SMILES string of the molecule is Cc1cc(C)c(C(=O)c2ccccc2C)c(OCC2CO2)c1. The number of epoxide rings is 1. The molecule has 0 N–H and O–H groups in total. The minimum Gasteiger partial charge on any atom is -0.490 e. The summed E-state index contributed by atoms with van der Waals surface area (Å²) in [7, 11) is 0. The Bertz CT molecular complexity index is 715. The summed E-state index contributed by atoms with van der Waals surface area (Å²) in [5.74, 6) is 0.670. The lowest BCUT2D eigenvalue weighted by molar-refractivity contribution is 0.103. The maximum absolute atomic E-state index is 13.0. The number of ketones is 1. The lowest BCUT2D eigenvalue weighted by atomic mass is 9.94. The first-order valence-electron chi connectivity index (χ1n) is 7.52. The van der Waals surface area contributed by atoms with Crippen molar-refractivity contribution < 1.29 is 14.3 Å². The number of carbonyl (C=O) groups excluding carboxylic acids is 1. The molecule has 114 valence electrons. The van der Waals surface area contributed by atoms with Crippen LogP contribution in [0.1, 0.15) is 32.6 Å². The number of carbonyl (C=O) groups is 1. The first-order valence-corrected chi connectivity index (χ1v) is 7.52. The van der Waals surface area contributed by atoms with Gasteiger partial charge in [0, 0.05) is 5.56 Å². The van der Waals surface area contributed by atoms with Crippen LogP contribution in [0.15, 0.2) is 36.4 Å². The molecule has 3 rings (SSSR count). The molecule has 3 heteroatoms. The molecule has 0 radical (unpaired) electrons. The van der Waals surface area contributed by atoms with Crippen LogP contribution in [0, 0.1) is 20.8 Å². The second-order valence-corrected chi connectivity index (χ2v) is 5.87. The van der Waals surface area contributed by atoms with E-state index in [1.807, 2.05) is 57.2 Å². The summed E-state index contributed by atoms with van der Waals surface area (Å²) in [5, 5.41) is 0. The zero-order chi connectivity index (χ0) is 15.7. The predicted octanol–water partition coefficient (Wildman–Crippen LogP) is 3.62. The summed E-state index contributed by atoms with van der Waals surface area (Å²) < 4.78 is 11.0. The van der Waals surface area contributed by atoms with E-state index in [2.05, 4.69) is 0 Å². The van der Waals surface area contributed by atoms with E-state index in [4.69, 9.17) is 9.47 Å². The van der Waals surface area contributed by atoms with Crippen molar-refractivity contribution in [3.8, 4) is 5.75 Å². The molecule has 3 nitrogen and oxygen atoms in total. The van der Waals surface area contributed by atoms with E-state index in [-0.39, 0.29) is 11.9 Å². The Morgan fingerprint density at radius 3 is 2.59 bits per heavy atom. The van der Waals surface area contributed by atoms with Gasteiger partial charge < -0.3 is 9.47 Å². The van der Waals surface area contributed by atoms with E-state index in [1.165, 1.54) is 0 Å². The molecule has 22 heavy (non-hydrogen) atoms. The smallest absolute Gasteiger partial charge is 0.197 e. The van der Waals surface area contributed by atoms with Gasteiger partial charge in [-0.2, -0.15) is 0 Å². The second-order valence-electron chi connectivity index (χ2n) is 5.87. The minimum atomic E-state index is 0.0160. The number of rotatable bonds is 5. The lowest BCUT2D eigenvalue weighted by Crippen LogP contribution is -2.12. The third-order valence-corrected chi connectivity index (χ3v) is 3.89. The molecule has 1 fully saturated rings. The van der Waals surface area contributed by atoms with Crippen LogP contribution in [-0.4, -0.2) is 25.1 Å². The normalized spacial score (nSPS) is 16.4. The molecule has 0 amide bonds. The van der Waals surface area contributed by atoms with Crippen LogP contribution in [0.3, 0.4) is 0 Å². The zero-order valence-corrected chi connectivity index (χ0v) is 13.2. The summed E-state index contributed by atoms with van der Waals surface area (Å²) in [6.07, 6.45) is 0.169. The van der Waals surface area contributed by atoms with Crippen molar-refractivity contribution in [1.29, 1.82) is 0 Å². The molecule has 0 saturated carbocycles. The second kappa shape index (κ2) is 5.93. The fraction of sp³-hybridized carbons (Fsp3) is 0.316. The Hall–Kier alpha value is -2.13. The molecule has 1 atom stereocenters. The molecule has 0 aromatic heterocycles. The third-order valence-electron chi connectivity index (χ3n) is 3.89. The number of benzene rings is 2. The largest absolute Gasteiger partial charge is 0.490 e. The van der Waals surface area contributed by atoms with E-state index in [0.717, 1.165) is 28.9 Å². The van der Waals surface area contributed by atoms with Gasteiger partial charge in [-0.3, -0.25) is 4.79 Å². The van der Waals surface area contributed by atoms with E-state index < -0.39 is 0 Å². The fourth-order valence-corrected chi connectivity index (χ4v) is 2.64. The van der Waals surface area contributed by atoms with Gasteiger partial charge in [-0.15, -0.1) is 0 Å². The van der Waals surface area contributed by atoms with E-state index >= 15 is 0 Å². The van der Waals surface area contributed by atoms with E-state index in [1.54, 1.807) is 0 Å². The number of aryl methyl sites for hydroxylation is 3. The molecule has 1 saturated heterocycles. The average Bonchev–Trinajstić information content (AvgIpc) is 3.28. The van der Waals surface area contributed by atoms with Gasteiger partial charge in [0.1, 0.15) is 18.5 Å². The molecular formula is C19H20O3. The Morgan fingerprint density at radius 2 is 1.91 bits per heavy atom.